The lowest BCUT2D eigenvalue weighted by Crippen LogP contribution is -1.26. The molecule has 0 fully saturated rings. The van der Waals surface area contributed by atoms with Gasteiger partial charge in [-0.25, -0.2) is 0 Å². The standard InChI is InChI=1S/C4H8.2C2H6.H2/c1-3-4-2;2*1-2;/h3-4H,1-2H3;2*1-2H3;1H/b4-3-;;;/i;;;1+1. The Kier molecular flexibility index (Phi) is 143. The molecule has 0 saturated carbocycles. The van der Waals surface area contributed by atoms with Crippen molar-refractivity contribution in [2.45, 2.75) is 41.5 Å². The van der Waals surface area contributed by atoms with Gasteiger partial charge in [-0.1, -0.05) is 39.8 Å². The van der Waals surface area contributed by atoms with Gasteiger partial charge in [0.2, 0.25) is 0 Å². The first-order valence-electron chi connectivity index (χ1n) is 3.49. The Morgan fingerprint density at radius 1 is 0.750 bits per heavy atom. The van der Waals surface area contributed by atoms with Gasteiger partial charge in [0.05, 0.1) is 0 Å². The third-order valence-corrected chi connectivity index (χ3v) is 0.333. The Balaban J connectivity index is -0.0000000221. The molecule has 0 heteroatoms. The molecule has 0 nitrogen and oxygen atoms in total. The molecule has 0 aromatic rings. The van der Waals surface area contributed by atoms with E-state index in [4.69, 9.17) is 0 Å². The monoisotopic (exact) mass is 119 g/mol. The summed E-state index contributed by atoms with van der Waals surface area (Å²) in [6.45, 7) is 12.0. The second kappa shape index (κ2) is 73.3. The SMILES string of the molecule is C/C=C\C.CC.CC.[2HH]. The summed E-state index contributed by atoms with van der Waals surface area (Å²) in [5, 5.41) is 0. The summed E-state index contributed by atoms with van der Waals surface area (Å²) in [5.41, 5.74) is 0. The van der Waals surface area contributed by atoms with Crippen molar-refractivity contribution in [3.05, 3.63) is 12.2 Å². The van der Waals surface area contributed by atoms with Crippen molar-refractivity contribution in [1.82, 2.24) is 0 Å². The summed E-state index contributed by atoms with van der Waals surface area (Å²) in [5.74, 6) is 0. The molecule has 0 aliphatic rings. The molecule has 8 heavy (non-hydrogen) atoms. The van der Waals surface area contributed by atoms with Crippen molar-refractivity contribution in [2.24, 2.45) is 0 Å². The van der Waals surface area contributed by atoms with E-state index in [1.807, 2.05) is 53.7 Å². The minimum Gasteiger partial charge on any atom is -0.0919 e. The fourth-order valence-electron chi connectivity index (χ4n) is 0. The van der Waals surface area contributed by atoms with E-state index in [2.05, 4.69) is 0 Å². The maximum Gasteiger partial charge on any atom is 0 e. The van der Waals surface area contributed by atoms with Crippen LogP contribution in [0.3, 0.4) is 0 Å². The van der Waals surface area contributed by atoms with Crippen LogP contribution >= 0.6 is 0 Å². The Bertz CT molecular complexity index is 19.7. The van der Waals surface area contributed by atoms with Gasteiger partial charge in [0.1, 0.15) is 0 Å². The van der Waals surface area contributed by atoms with E-state index in [9.17, 15) is 0 Å². The molecular formula is C8H22. The molecule has 0 aromatic carbocycles. The normalized spacial score (nSPS) is 6.25. The number of rotatable bonds is 0. The van der Waals surface area contributed by atoms with Crippen LogP contribution in [0.5, 0.6) is 0 Å². The van der Waals surface area contributed by atoms with Crippen LogP contribution in [-0.4, -0.2) is 0 Å². The number of allylic oxidation sites excluding steroid dienone is 2. The summed E-state index contributed by atoms with van der Waals surface area (Å²) in [7, 11) is 0. The van der Waals surface area contributed by atoms with Crippen LogP contribution in [0, 0.1) is 0 Å². The largest absolute Gasteiger partial charge is 0.0919 e. The quantitative estimate of drug-likeness (QED) is 0.424. The molecule has 0 rings (SSSR count). The number of hydrogen-bond donors (Lipinski definition) is 0. The average molecular weight is 119 g/mol. The van der Waals surface area contributed by atoms with E-state index in [0.29, 0.717) is 0 Å². The summed E-state index contributed by atoms with van der Waals surface area (Å²) in [6.07, 6.45) is 4.00. The van der Waals surface area contributed by atoms with Crippen molar-refractivity contribution in [3.8, 4) is 0 Å². The lowest BCUT2D eigenvalue weighted by Gasteiger charge is -1.49. The summed E-state index contributed by atoms with van der Waals surface area (Å²) in [6, 6.07) is 0. The van der Waals surface area contributed by atoms with Crippen LogP contribution in [0.15, 0.2) is 12.2 Å². The minimum atomic E-state index is 0. The highest BCUT2D eigenvalue weighted by atomic mass is 13.4. The molecular weight excluding hydrogens is 96.1 g/mol. The Morgan fingerprint density at radius 2 is 0.875 bits per heavy atom. The Hall–Kier alpha value is -0.260. The lowest BCUT2D eigenvalue weighted by atomic mass is 10.6. The van der Waals surface area contributed by atoms with Gasteiger partial charge in [-0.05, 0) is 13.8 Å². The molecule has 0 aliphatic heterocycles. The molecule has 0 N–H and O–H groups in total. The smallest absolute Gasteiger partial charge is 0 e. The molecule has 0 amide bonds. The molecule has 0 bridgehead atoms. The average Bonchev–Trinajstić information content (AvgIpc) is 1.96. The third kappa shape index (κ3) is 236. The van der Waals surface area contributed by atoms with Gasteiger partial charge < -0.3 is 0 Å². The first-order valence-corrected chi connectivity index (χ1v) is 3.49. The van der Waals surface area contributed by atoms with Gasteiger partial charge in [-0.15, -0.1) is 0 Å². The van der Waals surface area contributed by atoms with E-state index in [0.717, 1.165) is 0 Å². The molecule has 0 spiro atoms. The zero-order valence-corrected chi connectivity index (χ0v) is 7.15. The second-order valence-corrected chi connectivity index (χ2v) is 0.667. The Morgan fingerprint density at radius 3 is 0.875 bits per heavy atom. The van der Waals surface area contributed by atoms with E-state index in [1.165, 1.54) is 0 Å². The molecule has 54 valence electrons. The fraction of sp³-hybridized carbons (Fsp3) is 0.750. The van der Waals surface area contributed by atoms with Gasteiger partial charge in [0.25, 0.3) is 0 Å². The van der Waals surface area contributed by atoms with E-state index in [-0.39, 0.29) is 1.43 Å². The summed E-state index contributed by atoms with van der Waals surface area (Å²) in [4.78, 5) is 0. The zero-order chi connectivity index (χ0) is 7.41. The van der Waals surface area contributed by atoms with E-state index in [1.54, 1.807) is 0 Å². The highest BCUT2D eigenvalue weighted by molar-refractivity contribution is 4.68. The van der Waals surface area contributed by atoms with Crippen molar-refractivity contribution in [2.75, 3.05) is 0 Å². The predicted molar refractivity (Wildman–Crippen MR) is 45.3 cm³/mol. The first-order chi connectivity index (χ1) is 3.91. The van der Waals surface area contributed by atoms with Crippen molar-refractivity contribution >= 4 is 0 Å². The van der Waals surface area contributed by atoms with Crippen LogP contribution in [0.2, 0.25) is 0 Å². The lowest BCUT2D eigenvalue weighted by molar-refractivity contribution is 1.50. The summed E-state index contributed by atoms with van der Waals surface area (Å²) < 4.78 is 0. The topological polar surface area (TPSA) is 0 Å². The third-order valence-electron chi connectivity index (χ3n) is 0.333. The van der Waals surface area contributed by atoms with Crippen LogP contribution in [0.1, 0.15) is 43.0 Å². The van der Waals surface area contributed by atoms with Gasteiger partial charge in [-0.2, -0.15) is 0 Å². The highest BCUT2D eigenvalue weighted by Gasteiger charge is 1.34. The molecule has 0 radical (unpaired) electrons. The molecule has 0 unspecified atom stereocenters. The van der Waals surface area contributed by atoms with Crippen LogP contribution in [-0.2, 0) is 0 Å². The van der Waals surface area contributed by atoms with Gasteiger partial charge >= 0.3 is 0 Å². The molecule has 0 aliphatic carbocycles. The fourth-order valence-corrected chi connectivity index (χ4v) is 0. The van der Waals surface area contributed by atoms with Gasteiger partial charge in [-0.3, -0.25) is 0 Å². The maximum atomic E-state index is 2.00. The van der Waals surface area contributed by atoms with Crippen molar-refractivity contribution in [3.63, 3.8) is 0 Å². The zero-order valence-electron chi connectivity index (χ0n) is 7.15. The van der Waals surface area contributed by atoms with E-state index < -0.39 is 0 Å². The maximum absolute atomic E-state index is 2.00. The van der Waals surface area contributed by atoms with Crippen LogP contribution in [0.25, 0.3) is 0 Å². The molecule has 0 atom stereocenters. The van der Waals surface area contributed by atoms with E-state index >= 15 is 0 Å². The highest BCUT2D eigenvalue weighted by Crippen LogP contribution is 1.57. The minimum absolute atomic E-state index is 0. The van der Waals surface area contributed by atoms with Crippen LogP contribution in [0.4, 0.5) is 0 Å². The van der Waals surface area contributed by atoms with Gasteiger partial charge in [0, 0.05) is 1.43 Å². The van der Waals surface area contributed by atoms with Crippen molar-refractivity contribution < 1.29 is 1.43 Å². The Labute approximate surface area is 56.1 Å². The van der Waals surface area contributed by atoms with Gasteiger partial charge in [0.15, 0.2) is 0 Å². The number of hydrogen-bond acceptors (Lipinski definition) is 0. The predicted octanol–water partition coefficient (Wildman–Crippen LogP) is 3.88. The van der Waals surface area contributed by atoms with Crippen LogP contribution < -0.4 is 0 Å². The summed E-state index contributed by atoms with van der Waals surface area (Å²) >= 11 is 0. The molecule has 0 saturated heterocycles. The second-order valence-electron chi connectivity index (χ2n) is 0.667. The first kappa shape index (κ1) is 15.6. The molecule has 0 heterocycles. The van der Waals surface area contributed by atoms with Crippen molar-refractivity contribution in [1.29, 1.82) is 0 Å². The molecule has 0 aromatic heterocycles.